The lowest BCUT2D eigenvalue weighted by Crippen LogP contribution is -2.44. The maximum Gasteiger partial charge on any atom is 0.338 e. The molecule has 2 aromatic rings. The van der Waals surface area contributed by atoms with Crippen LogP contribution in [0.15, 0.2) is 60.7 Å². The highest BCUT2D eigenvalue weighted by Gasteiger charge is 2.61. The van der Waals surface area contributed by atoms with Gasteiger partial charge in [-0.1, -0.05) is 48.5 Å². The summed E-state index contributed by atoms with van der Waals surface area (Å²) >= 11 is 0. The number of rotatable bonds is 7. The van der Waals surface area contributed by atoms with Crippen LogP contribution in [0.25, 0.3) is 0 Å². The molecule has 8 heteroatoms. The van der Waals surface area contributed by atoms with Crippen LogP contribution in [-0.4, -0.2) is 43.0 Å². The van der Waals surface area contributed by atoms with Gasteiger partial charge in [0.05, 0.1) is 12.2 Å². The van der Waals surface area contributed by atoms with Crippen molar-refractivity contribution in [1.29, 1.82) is 0 Å². The van der Waals surface area contributed by atoms with Gasteiger partial charge in [-0.2, -0.15) is 0 Å². The van der Waals surface area contributed by atoms with Crippen LogP contribution >= 0.6 is 0 Å². The molecular formula is C21H20F2O6. The molecule has 1 aliphatic heterocycles. The van der Waals surface area contributed by atoms with Crippen molar-refractivity contribution >= 4 is 11.9 Å². The van der Waals surface area contributed by atoms with Crippen LogP contribution in [0.5, 0.6) is 0 Å². The second kappa shape index (κ2) is 9.11. The lowest BCUT2D eigenvalue weighted by atomic mass is 10.1. The van der Waals surface area contributed by atoms with E-state index in [0.29, 0.717) is 5.56 Å². The third kappa shape index (κ3) is 5.16. The van der Waals surface area contributed by atoms with E-state index in [9.17, 15) is 18.4 Å². The summed E-state index contributed by atoms with van der Waals surface area (Å²) in [6.07, 6.45) is -5.28. The first kappa shape index (κ1) is 20.9. The van der Waals surface area contributed by atoms with Gasteiger partial charge in [-0.3, -0.25) is 4.79 Å². The Morgan fingerprint density at radius 3 is 2.28 bits per heavy atom. The van der Waals surface area contributed by atoms with Gasteiger partial charge < -0.3 is 18.9 Å². The van der Waals surface area contributed by atoms with E-state index in [1.807, 2.05) is 0 Å². The fourth-order valence-electron chi connectivity index (χ4n) is 2.85. The predicted molar refractivity (Wildman–Crippen MR) is 97.1 cm³/mol. The van der Waals surface area contributed by atoms with E-state index in [4.69, 9.17) is 18.9 Å². The first-order chi connectivity index (χ1) is 13.9. The molecule has 0 aromatic heterocycles. The van der Waals surface area contributed by atoms with E-state index in [1.54, 1.807) is 48.5 Å². The lowest BCUT2D eigenvalue weighted by molar-refractivity contribution is -0.196. The molecule has 154 valence electrons. The van der Waals surface area contributed by atoms with Crippen molar-refractivity contribution in [1.82, 2.24) is 0 Å². The monoisotopic (exact) mass is 406 g/mol. The first-order valence-electron chi connectivity index (χ1n) is 8.96. The minimum atomic E-state index is -3.55. The first-order valence-corrected chi connectivity index (χ1v) is 8.96. The van der Waals surface area contributed by atoms with Gasteiger partial charge in [0.25, 0.3) is 0 Å². The highest BCUT2D eigenvalue weighted by molar-refractivity contribution is 5.89. The van der Waals surface area contributed by atoms with Gasteiger partial charge in [-0.15, -0.1) is 0 Å². The maximum absolute atomic E-state index is 14.9. The minimum Gasteiger partial charge on any atom is -0.459 e. The van der Waals surface area contributed by atoms with Crippen LogP contribution in [0.2, 0.25) is 0 Å². The number of halogens is 2. The number of esters is 2. The zero-order valence-electron chi connectivity index (χ0n) is 15.6. The summed E-state index contributed by atoms with van der Waals surface area (Å²) in [6, 6.07) is 16.7. The second-order valence-corrected chi connectivity index (χ2v) is 6.46. The van der Waals surface area contributed by atoms with E-state index in [1.165, 1.54) is 12.1 Å². The zero-order valence-corrected chi connectivity index (χ0v) is 15.6. The molecule has 1 heterocycles. The van der Waals surface area contributed by atoms with E-state index in [2.05, 4.69) is 0 Å². The summed E-state index contributed by atoms with van der Waals surface area (Å²) < 4.78 is 50.2. The van der Waals surface area contributed by atoms with Crippen LogP contribution in [0.4, 0.5) is 8.78 Å². The molecule has 0 aliphatic carbocycles. The molecule has 0 N–H and O–H groups in total. The quantitative estimate of drug-likeness (QED) is 0.657. The predicted octanol–water partition coefficient (Wildman–Crippen LogP) is 3.35. The smallest absolute Gasteiger partial charge is 0.338 e. The van der Waals surface area contributed by atoms with E-state index in [-0.39, 0.29) is 12.2 Å². The highest BCUT2D eigenvalue weighted by atomic mass is 19.3. The lowest BCUT2D eigenvalue weighted by Gasteiger charge is -2.23. The minimum absolute atomic E-state index is 0.126. The van der Waals surface area contributed by atoms with E-state index >= 15 is 0 Å². The third-order valence-corrected chi connectivity index (χ3v) is 4.28. The molecule has 0 unspecified atom stereocenters. The molecule has 3 atom stereocenters. The Hall–Kier alpha value is -2.84. The summed E-state index contributed by atoms with van der Waals surface area (Å²) in [5, 5.41) is 0. The molecule has 0 saturated carbocycles. The topological polar surface area (TPSA) is 71.1 Å². The van der Waals surface area contributed by atoms with Crippen molar-refractivity contribution in [3.05, 3.63) is 71.8 Å². The van der Waals surface area contributed by atoms with Crippen molar-refractivity contribution in [2.24, 2.45) is 0 Å². The van der Waals surface area contributed by atoms with Gasteiger partial charge in [-0.05, 0) is 17.7 Å². The number of hydrogen-bond acceptors (Lipinski definition) is 6. The molecule has 0 spiro atoms. The molecule has 2 aromatic carbocycles. The molecule has 29 heavy (non-hydrogen) atoms. The molecule has 3 rings (SSSR count). The van der Waals surface area contributed by atoms with Gasteiger partial charge in [0.1, 0.15) is 6.61 Å². The number of carbonyl (C=O) groups is 2. The number of benzene rings is 2. The summed E-state index contributed by atoms with van der Waals surface area (Å²) in [5.74, 6) is -5.10. The molecule has 1 aliphatic rings. The molecule has 0 bridgehead atoms. The number of carbonyl (C=O) groups excluding carboxylic acids is 2. The fourth-order valence-corrected chi connectivity index (χ4v) is 2.85. The third-order valence-electron chi connectivity index (χ3n) is 4.28. The SMILES string of the molecule is CC(=O)O[C@H]1O[C@H](COC(=O)c2ccccc2)C(F)(F)[C@@H]1OCc1ccccc1. The molecule has 1 fully saturated rings. The van der Waals surface area contributed by atoms with E-state index in [0.717, 1.165) is 6.92 Å². The van der Waals surface area contributed by atoms with Gasteiger partial charge >= 0.3 is 17.9 Å². The Balaban J connectivity index is 1.67. The van der Waals surface area contributed by atoms with Gasteiger partial charge in [-0.25, -0.2) is 13.6 Å². The van der Waals surface area contributed by atoms with Gasteiger partial charge in [0, 0.05) is 6.92 Å². The van der Waals surface area contributed by atoms with Crippen molar-refractivity contribution in [2.45, 2.75) is 38.0 Å². The van der Waals surface area contributed by atoms with Crippen molar-refractivity contribution in [2.75, 3.05) is 6.61 Å². The Labute approximate surface area is 166 Å². The fraction of sp³-hybridized carbons (Fsp3) is 0.333. The van der Waals surface area contributed by atoms with Crippen molar-refractivity contribution in [3.63, 3.8) is 0 Å². The molecule has 0 radical (unpaired) electrons. The average Bonchev–Trinajstić information content (AvgIpc) is 2.94. The number of alkyl halides is 2. The average molecular weight is 406 g/mol. The van der Waals surface area contributed by atoms with Gasteiger partial charge in [0.15, 0.2) is 12.2 Å². The summed E-state index contributed by atoms with van der Waals surface area (Å²) in [7, 11) is 0. The maximum atomic E-state index is 14.9. The van der Waals surface area contributed by atoms with Crippen molar-refractivity contribution in [3.8, 4) is 0 Å². The number of hydrogen-bond donors (Lipinski definition) is 0. The summed E-state index contributed by atoms with van der Waals surface area (Å²) in [5.41, 5.74) is 0.894. The molecular weight excluding hydrogens is 386 g/mol. The highest BCUT2D eigenvalue weighted by Crippen LogP contribution is 2.39. The standard InChI is InChI=1S/C21H20F2O6/c1-14(24)28-20-18(26-12-15-8-4-2-5-9-15)21(22,23)17(29-20)13-27-19(25)16-10-6-3-7-11-16/h2-11,17-18,20H,12-13H2,1H3/t17-,18-,20+/m1/s1. The molecule has 6 nitrogen and oxygen atoms in total. The summed E-state index contributed by atoms with van der Waals surface area (Å²) in [6.45, 7) is 0.237. The van der Waals surface area contributed by atoms with Crippen LogP contribution < -0.4 is 0 Å². The van der Waals surface area contributed by atoms with Crippen LogP contribution in [0.3, 0.4) is 0 Å². The molecule has 1 saturated heterocycles. The number of ether oxygens (including phenoxy) is 4. The Kier molecular flexibility index (Phi) is 6.56. The molecule has 0 amide bonds. The van der Waals surface area contributed by atoms with Crippen LogP contribution in [0.1, 0.15) is 22.8 Å². The largest absolute Gasteiger partial charge is 0.459 e. The van der Waals surface area contributed by atoms with E-state index < -0.39 is 43.0 Å². The van der Waals surface area contributed by atoms with Gasteiger partial charge in [0.2, 0.25) is 6.29 Å². The Morgan fingerprint density at radius 2 is 1.66 bits per heavy atom. The Morgan fingerprint density at radius 1 is 1.03 bits per heavy atom. The normalized spacial score (nSPS) is 22.8. The Bertz CT molecular complexity index is 828. The van der Waals surface area contributed by atoms with Crippen LogP contribution in [-0.2, 0) is 30.3 Å². The van der Waals surface area contributed by atoms with Crippen LogP contribution in [0, 0.1) is 0 Å². The van der Waals surface area contributed by atoms with Crippen molar-refractivity contribution < 1.29 is 37.3 Å². The summed E-state index contributed by atoms with van der Waals surface area (Å²) in [4.78, 5) is 23.3. The second-order valence-electron chi connectivity index (χ2n) is 6.46. The zero-order chi connectivity index (χ0) is 20.9.